The van der Waals surface area contributed by atoms with Crippen molar-refractivity contribution in [1.82, 2.24) is 4.98 Å². The van der Waals surface area contributed by atoms with E-state index in [2.05, 4.69) is 29.2 Å². The van der Waals surface area contributed by atoms with Crippen molar-refractivity contribution in [3.05, 3.63) is 65.9 Å². The Bertz CT molecular complexity index is 728. The Labute approximate surface area is 111 Å². The highest BCUT2D eigenvalue weighted by Gasteiger charge is 2.22. The first kappa shape index (κ1) is 10.6. The lowest BCUT2D eigenvalue weighted by Gasteiger charge is -2.12. The van der Waals surface area contributed by atoms with Gasteiger partial charge in [-0.25, -0.2) is 4.98 Å². The highest BCUT2D eigenvalue weighted by Crippen LogP contribution is 2.36. The Hall–Kier alpha value is -2.35. The zero-order valence-corrected chi connectivity index (χ0v) is 10.5. The number of aryl methyl sites for hydroxylation is 2. The molecule has 0 atom stereocenters. The molecule has 0 bridgehead atoms. The van der Waals surface area contributed by atoms with Crippen molar-refractivity contribution in [2.75, 3.05) is 0 Å². The molecular formula is C17H13NO. The molecule has 1 aliphatic rings. The molecule has 0 aliphatic heterocycles. The number of hydrogen-bond donors (Lipinski definition) is 0. The topological polar surface area (TPSA) is 26.0 Å². The molecule has 0 radical (unpaired) electrons. The van der Waals surface area contributed by atoms with E-state index < -0.39 is 0 Å². The third kappa shape index (κ3) is 1.68. The molecule has 0 saturated heterocycles. The van der Waals surface area contributed by atoms with E-state index in [-0.39, 0.29) is 0 Å². The van der Waals surface area contributed by atoms with E-state index in [9.17, 15) is 0 Å². The van der Waals surface area contributed by atoms with E-state index in [1.54, 1.807) is 0 Å². The summed E-state index contributed by atoms with van der Waals surface area (Å²) in [7, 11) is 0. The molecular weight excluding hydrogens is 234 g/mol. The largest absolute Gasteiger partial charge is 0.436 e. The Morgan fingerprint density at radius 1 is 0.842 bits per heavy atom. The normalized spacial score (nSPS) is 12.8. The van der Waals surface area contributed by atoms with Crippen molar-refractivity contribution < 1.29 is 4.42 Å². The van der Waals surface area contributed by atoms with Gasteiger partial charge in [0.1, 0.15) is 0 Å². The third-order valence-electron chi connectivity index (χ3n) is 3.61. The lowest BCUT2D eigenvalue weighted by atomic mass is 9.93. The molecule has 0 N–H and O–H groups in total. The monoisotopic (exact) mass is 247 g/mol. The van der Waals surface area contributed by atoms with Crippen molar-refractivity contribution in [2.45, 2.75) is 12.8 Å². The quantitative estimate of drug-likeness (QED) is 0.647. The summed E-state index contributed by atoms with van der Waals surface area (Å²) in [6.45, 7) is 0. The fourth-order valence-corrected chi connectivity index (χ4v) is 2.65. The van der Waals surface area contributed by atoms with Crippen LogP contribution in [0.3, 0.4) is 0 Å². The first-order chi connectivity index (χ1) is 9.42. The van der Waals surface area contributed by atoms with Gasteiger partial charge in [-0.05, 0) is 30.5 Å². The summed E-state index contributed by atoms with van der Waals surface area (Å²) in [5, 5.41) is 0. The Balaban J connectivity index is 1.88. The number of oxazole rings is 1. The number of hydrogen-bond acceptors (Lipinski definition) is 2. The first-order valence-corrected chi connectivity index (χ1v) is 6.55. The van der Waals surface area contributed by atoms with Crippen molar-refractivity contribution in [2.24, 2.45) is 0 Å². The summed E-state index contributed by atoms with van der Waals surface area (Å²) in [6, 6.07) is 18.5. The molecule has 2 nitrogen and oxygen atoms in total. The number of nitrogens with zero attached hydrogens (tertiary/aromatic N) is 1. The summed E-state index contributed by atoms with van der Waals surface area (Å²) in [5.74, 6) is 1.67. The molecule has 0 spiro atoms. The number of aromatic nitrogens is 1. The molecule has 0 unspecified atom stereocenters. The molecule has 1 heterocycles. The zero-order chi connectivity index (χ0) is 12.7. The Morgan fingerprint density at radius 2 is 1.63 bits per heavy atom. The molecule has 2 aromatic carbocycles. The third-order valence-corrected chi connectivity index (χ3v) is 3.61. The molecule has 0 fully saturated rings. The van der Waals surface area contributed by atoms with Gasteiger partial charge in [-0.15, -0.1) is 0 Å². The maximum absolute atomic E-state index is 6.01. The summed E-state index contributed by atoms with van der Waals surface area (Å²) in [5.41, 5.74) is 4.66. The number of rotatable bonds is 1. The van der Waals surface area contributed by atoms with E-state index in [0.29, 0.717) is 0 Å². The number of fused-ring (bicyclic) bond motifs is 3. The van der Waals surface area contributed by atoms with E-state index in [1.807, 2.05) is 30.3 Å². The average molecular weight is 247 g/mol. The van der Waals surface area contributed by atoms with Crippen LogP contribution in [0.2, 0.25) is 0 Å². The van der Waals surface area contributed by atoms with Gasteiger partial charge in [-0.1, -0.05) is 42.5 Å². The SMILES string of the molecule is c1ccc(-c2nc3c(o2)-c2ccccc2CC3)cc1. The Kier molecular flexibility index (Phi) is 2.27. The van der Waals surface area contributed by atoms with E-state index in [4.69, 9.17) is 4.42 Å². The van der Waals surface area contributed by atoms with Crippen LogP contribution >= 0.6 is 0 Å². The van der Waals surface area contributed by atoms with Crippen LogP contribution in [0.5, 0.6) is 0 Å². The summed E-state index contributed by atoms with van der Waals surface area (Å²) in [6.07, 6.45) is 2.01. The van der Waals surface area contributed by atoms with Crippen LogP contribution in [0.4, 0.5) is 0 Å². The van der Waals surface area contributed by atoms with Crippen LogP contribution in [0.25, 0.3) is 22.8 Å². The molecule has 19 heavy (non-hydrogen) atoms. The summed E-state index contributed by atoms with van der Waals surface area (Å²) in [4.78, 5) is 4.65. The lowest BCUT2D eigenvalue weighted by molar-refractivity contribution is 0.584. The second kappa shape index (κ2) is 4.09. The predicted octanol–water partition coefficient (Wildman–Crippen LogP) is 4.11. The van der Waals surface area contributed by atoms with Gasteiger partial charge in [0.05, 0.1) is 5.69 Å². The molecule has 4 rings (SSSR count). The van der Waals surface area contributed by atoms with Gasteiger partial charge < -0.3 is 4.42 Å². The molecule has 1 aliphatic carbocycles. The van der Waals surface area contributed by atoms with E-state index in [1.165, 1.54) is 11.1 Å². The predicted molar refractivity (Wildman–Crippen MR) is 74.8 cm³/mol. The van der Waals surface area contributed by atoms with Crippen molar-refractivity contribution in [3.8, 4) is 22.8 Å². The minimum absolute atomic E-state index is 0.724. The van der Waals surface area contributed by atoms with Crippen molar-refractivity contribution in [3.63, 3.8) is 0 Å². The average Bonchev–Trinajstić information content (AvgIpc) is 2.93. The van der Waals surface area contributed by atoms with Crippen molar-refractivity contribution >= 4 is 0 Å². The fraction of sp³-hybridized carbons (Fsp3) is 0.118. The van der Waals surface area contributed by atoms with Crippen LogP contribution in [0, 0.1) is 0 Å². The minimum Gasteiger partial charge on any atom is -0.436 e. The smallest absolute Gasteiger partial charge is 0.227 e. The van der Waals surface area contributed by atoms with Gasteiger partial charge >= 0.3 is 0 Å². The van der Waals surface area contributed by atoms with Crippen LogP contribution in [-0.2, 0) is 12.8 Å². The van der Waals surface area contributed by atoms with E-state index in [0.717, 1.165) is 35.7 Å². The second-order valence-corrected chi connectivity index (χ2v) is 4.82. The van der Waals surface area contributed by atoms with Gasteiger partial charge in [-0.2, -0.15) is 0 Å². The van der Waals surface area contributed by atoms with Gasteiger partial charge in [-0.3, -0.25) is 0 Å². The van der Waals surface area contributed by atoms with Gasteiger partial charge in [0.15, 0.2) is 5.76 Å². The molecule has 0 saturated carbocycles. The van der Waals surface area contributed by atoms with Gasteiger partial charge in [0.25, 0.3) is 0 Å². The molecule has 2 heteroatoms. The fourth-order valence-electron chi connectivity index (χ4n) is 2.65. The summed E-state index contributed by atoms with van der Waals surface area (Å²) >= 11 is 0. The maximum atomic E-state index is 6.01. The van der Waals surface area contributed by atoms with Crippen LogP contribution in [0.1, 0.15) is 11.3 Å². The second-order valence-electron chi connectivity index (χ2n) is 4.82. The van der Waals surface area contributed by atoms with Crippen molar-refractivity contribution in [1.29, 1.82) is 0 Å². The lowest BCUT2D eigenvalue weighted by Crippen LogP contribution is -2.02. The number of benzene rings is 2. The van der Waals surface area contributed by atoms with Crippen LogP contribution < -0.4 is 0 Å². The first-order valence-electron chi connectivity index (χ1n) is 6.55. The van der Waals surface area contributed by atoms with Crippen LogP contribution in [-0.4, -0.2) is 4.98 Å². The van der Waals surface area contributed by atoms with Crippen LogP contribution in [0.15, 0.2) is 59.0 Å². The standard InChI is InChI=1S/C17H13NO/c1-2-7-13(8-3-1)17-18-15-11-10-12-6-4-5-9-14(12)16(15)19-17/h1-9H,10-11H2. The van der Waals surface area contributed by atoms with E-state index >= 15 is 0 Å². The summed E-state index contributed by atoms with van der Waals surface area (Å²) < 4.78 is 6.01. The van der Waals surface area contributed by atoms with Gasteiger partial charge in [0, 0.05) is 11.1 Å². The molecule has 92 valence electrons. The highest BCUT2D eigenvalue weighted by molar-refractivity contribution is 5.69. The molecule has 1 aromatic heterocycles. The van der Waals surface area contributed by atoms with Gasteiger partial charge in [0.2, 0.25) is 5.89 Å². The molecule has 3 aromatic rings. The highest BCUT2D eigenvalue weighted by atomic mass is 16.4. The molecule has 0 amide bonds. The maximum Gasteiger partial charge on any atom is 0.227 e. The minimum atomic E-state index is 0.724. The zero-order valence-electron chi connectivity index (χ0n) is 10.5. The Morgan fingerprint density at radius 3 is 2.53 bits per heavy atom.